The van der Waals surface area contributed by atoms with Gasteiger partial charge in [-0.25, -0.2) is 9.37 Å². The molecule has 0 bridgehead atoms. The van der Waals surface area contributed by atoms with E-state index in [4.69, 9.17) is 0 Å². The van der Waals surface area contributed by atoms with Gasteiger partial charge in [-0.1, -0.05) is 18.2 Å². The predicted molar refractivity (Wildman–Crippen MR) is 94.0 cm³/mol. The number of thiazole rings is 1. The molecular weight excluding hydrogens is 345 g/mol. The molecular formula is C17H12FN3OS2. The number of thiophene rings is 1. The number of imidazole rings is 1. The highest BCUT2D eigenvalue weighted by atomic mass is 32.1. The van der Waals surface area contributed by atoms with Crippen LogP contribution in [0.4, 0.5) is 4.39 Å². The van der Waals surface area contributed by atoms with E-state index in [2.05, 4.69) is 10.3 Å². The van der Waals surface area contributed by atoms with Crippen LogP contribution in [0.15, 0.2) is 53.4 Å². The van der Waals surface area contributed by atoms with Gasteiger partial charge < -0.3 is 5.32 Å². The molecule has 0 aliphatic rings. The van der Waals surface area contributed by atoms with Gasteiger partial charge in [0.1, 0.15) is 17.2 Å². The van der Waals surface area contributed by atoms with Crippen molar-refractivity contribution in [1.82, 2.24) is 14.7 Å². The lowest BCUT2D eigenvalue weighted by atomic mass is 10.2. The Labute approximate surface area is 145 Å². The van der Waals surface area contributed by atoms with Crippen LogP contribution in [-0.2, 0) is 6.54 Å². The molecule has 0 spiro atoms. The van der Waals surface area contributed by atoms with Crippen LogP contribution in [0.2, 0.25) is 0 Å². The maximum Gasteiger partial charge on any atom is 0.269 e. The fourth-order valence-electron chi connectivity index (χ4n) is 2.37. The minimum Gasteiger partial charge on any atom is -0.347 e. The molecule has 0 fully saturated rings. The normalized spacial score (nSPS) is 11.0. The summed E-state index contributed by atoms with van der Waals surface area (Å²) in [6.07, 6.45) is 1.88. The van der Waals surface area contributed by atoms with Gasteiger partial charge in [-0.2, -0.15) is 0 Å². The van der Waals surface area contributed by atoms with Crippen LogP contribution in [0, 0.1) is 5.82 Å². The van der Waals surface area contributed by atoms with Crippen molar-refractivity contribution in [1.29, 1.82) is 0 Å². The number of hydrogen-bond acceptors (Lipinski definition) is 4. The Kier molecular flexibility index (Phi) is 3.87. The average Bonchev–Trinajstić information content (AvgIpc) is 3.29. The molecule has 0 radical (unpaired) electrons. The molecule has 0 atom stereocenters. The molecule has 120 valence electrons. The number of halogens is 1. The fraction of sp³-hybridized carbons (Fsp3) is 0.0588. The maximum absolute atomic E-state index is 12.9. The molecule has 1 amide bonds. The monoisotopic (exact) mass is 357 g/mol. The number of fused-ring (bicyclic) bond motifs is 1. The van der Waals surface area contributed by atoms with Gasteiger partial charge in [-0.05, 0) is 29.1 Å². The second-order valence-corrected chi connectivity index (χ2v) is 6.97. The molecule has 0 unspecified atom stereocenters. The summed E-state index contributed by atoms with van der Waals surface area (Å²) in [5, 5.41) is 6.65. The Balaban J connectivity index is 1.54. The van der Waals surface area contributed by atoms with E-state index in [0.29, 0.717) is 12.2 Å². The zero-order valence-electron chi connectivity index (χ0n) is 12.4. The summed E-state index contributed by atoms with van der Waals surface area (Å²) < 4.78 is 14.7. The highest BCUT2D eigenvalue weighted by Crippen LogP contribution is 2.26. The van der Waals surface area contributed by atoms with Crippen LogP contribution in [0.1, 0.15) is 16.1 Å². The summed E-state index contributed by atoms with van der Waals surface area (Å²) in [5.41, 5.74) is 2.26. The molecule has 0 saturated heterocycles. The maximum atomic E-state index is 12.9. The topological polar surface area (TPSA) is 46.4 Å². The lowest BCUT2D eigenvalue weighted by Crippen LogP contribution is -2.23. The molecule has 1 aromatic carbocycles. The Hall–Kier alpha value is -2.51. The van der Waals surface area contributed by atoms with Crippen molar-refractivity contribution in [3.05, 3.63) is 70.4 Å². The number of rotatable bonds is 4. The first kappa shape index (κ1) is 15.0. The molecule has 1 N–H and O–H groups in total. The Morgan fingerprint density at radius 1 is 1.21 bits per heavy atom. The summed E-state index contributed by atoms with van der Waals surface area (Å²) in [4.78, 5) is 18.8. The van der Waals surface area contributed by atoms with E-state index in [9.17, 15) is 9.18 Å². The van der Waals surface area contributed by atoms with Crippen molar-refractivity contribution in [2.45, 2.75) is 6.54 Å². The summed E-state index contributed by atoms with van der Waals surface area (Å²) in [6, 6.07) is 10.1. The van der Waals surface area contributed by atoms with Crippen molar-refractivity contribution < 1.29 is 9.18 Å². The first-order valence-corrected chi connectivity index (χ1v) is 9.00. The molecule has 7 heteroatoms. The Bertz CT molecular complexity index is 987. The van der Waals surface area contributed by atoms with Crippen LogP contribution in [0.5, 0.6) is 0 Å². The molecule has 0 saturated carbocycles. The van der Waals surface area contributed by atoms with Crippen LogP contribution >= 0.6 is 22.7 Å². The van der Waals surface area contributed by atoms with Gasteiger partial charge in [0, 0.05) is 18.1 Å². The highest BCUT2D eigenvalue weighted by Gasteiger charge is 2.15. The summed E-state index contributed by atoms with van der Waals surface area (Å²) in [7, 11) is 0. The molecule has 0 aliphatic heterocycles. The van der Waals surface area contributed by atoms with Gasteiger partial charge in [-0.15, -0.1) is 22.7 Å². The number of carbonyl (C=O) groups excluding carboxylic acids is 1. The second kappa shape index (κ2) is 6.18. The smallest absolute Gasteiger partial charge is 0.269 e. The number of nitrogens with zero attached hydrogens (tertiary/aromatic N) is 2. The third-order valence-electron chi connectivity index (χ3n) is 3.58. The standard InChI is InChI=1S/C17H12FN3OS2/c18-12-5-3-11(4-6-12)8-19-16(22)14-10-24-17-20-13(9-21(14)17)15-2-1-7-23-15/h1-7,9-10H,8H2,(H,19,22). The van der Waals surface area contributed by atoms with Gasteiger partial charge in [-0.3, -0.25) is 9.20 Å². The quantitative estimate of drug-likeness (QED) is 0.595. The zero-order chi connectivity index (χ0) is 16.5. The van der Waals surface area contributed by atoms with Crippen molar-refractivity contribution in [2.75, 3.05) is 0 Å². The van der Waals surface area contributed by atoms with Crippen LogP contribution < -0.4 is 5.32 Å². The SMILES string of the molecule is O=C(NCc1ccc(F)cc1)c1csc2nc(-c3cccs3)cn12. The van der Waals surface area contributed by atoms with Crippen LogP contribution in [-0.4, -0.2) is 15.3 Å². The van der Waals surface area contributed by atoms with Gasteiger partial charge in [0.25, 0.3) is 5.91 Å². The van der Waals surface area contributed by atoms with E-state index in [0.717, 1.165) is 21.1 Å². The highest BCUT2D eigenvalue weighted by molar-refractivity contribution is 7.15. The lowest BCUT2D eigenvalue weighted by molar-refractivity contribution is 0.0945. The van der Waals surface area contributed by atoms with E-state index in [1.54, 1.807) is 33.3 Å². The fourth-order valence-corrected chi connectivity index (χ4v) is 3.90. The Morgan fingerprint density at radius 3 is 2.79 bits per heavy atom. The number of aromatic nitrogens is 2. The molecule has 4 aromatic rings. The van der Waals surface area contributed by atoms with Crippen molar-refractivity contribution in [3.8, 4) is 10.6 Å². The lowest BCUT2D eigenvalue weighted by Gasteiger charge is -2.04. The van der Waals surface area contributed by atoms with Gasteiger partial charge in [0.05, 0.1) is 4.88 Å². The third kappa shape index (κ3) is 2.83. The van der Waals surface area contributed by atoms with E-state index in [-0.39, 0.29) is 11.7 Å². The minimum absolute atomic E-state index is 0.180. The van der Waals surface area contributed by atoms with Gasteiger partial charge in [0.15, 0.2) is 4.96 Å². The van der Waals surface area contributed by atoms with E-state index >= 15 is 0 Å². The van der Waals surface area contributed by atoms with E-state index in [1.807, 2.05) is 23.7 Å². The number of carbonyl (C=O) groups is 1. The number of nitrogens with one attached hydrogen (secondary N) is 1. The predicted octanol–water partition coefficient (Wildman–Crippen LogP) is 4.19. The first-order valence-electron chi connectivity index (χ1n) is 7.24. The number of hydrogen-bond donors (Lipinski definition) is 1. The molecule has 3 aromatic heterocycles. The first-order chi connectivity index (χ1) is 11.7. The Morgan fingerprint density at radius 2 is 2.04 bits per heavy atom. The average molecular weight is 357 g/mol. The van der Waals surface area contributed by atoms with E-state index in [1.165, 1.54) is 23.5 Å². The van der Waals surface area contributed by atoms with Crippen molar-refractivity contribution in [3.63, 3.8) is 0 Å². The van der Waals surface area contributed by atoms with Crippen LogP contribution in [0.25, 0.3) is 15.5 Å². The summed E-state index contributed by atoms with van der Waals surface area (Å²) >= 11 is 3.05. The molecule has 3 heterocycles. The third-order valence-corrected chi connectivity index (χ3v) is 5.31. The van der Waals surface area contributed by atoms with Crippen molar-refractivity contribution >= 4 is 33.5 Å². The number of amides is 1. The summed E-state index contributed by atoms with van der Waals surface area (Å²) in [6.45, 7) is 0.350. The largest absolute Gasteiger partial charge is 0.347 e. The number of benzene rings is 1. The molecule has 4 rings (SSSR count). The second-order valence-electron chi connectivity index (χ2n) is 5.19. The van der Waals surface area contributed by atoms with Gasteiger partial charge in [0.2, 0.25) is 0 Å². The molecule has 4 nitrogen and oxygen atoms in total. The molecule has 24 heavy (non-hydrogen) atoms. The van der Waals surface area contributed by atoms with Gasteiger partial charge >= 0.3 is 0 Å². The minimum atomic E-state index is -0.288. The summed E-state index contributed by atoms with van der Waals surface area (Å²) in [5.74, 6) is -0.468. The van der Waals surface area contributed by atoms with Crippen LogP contribution in [0.3, 0.4) is 0 Å². The van der Waals surface area contributed by atoms with Crippen molar-refractivity contribution in [2.24, 2.45) is 0 Å². The van der Waals surface area contributed by atoms with E-state index < -0.39 is 0 Å². The zero-order valence-corrected chi connectivity index (χ0v) is 14.0. The molecule has 0 aliphatic carbocycles.